The Labute approximate surface area is 136 Å². The molecule has 0 bridgehead atoms. The maximum absolute atomic E-state index is 11.2. The van der Waals surface area contributed by atoms with Crippen molar-refractivity contribution < 1.29 is 9.66 Å². The zero-order valence-electron chi connectivity index (χ0n) is 11.3. The van der Waals surface area contributed by atoms with E-state index in [1.807, 2.05) is 25.1 Å². The van der Waals surface area contributed by atoms with Crippen LogP contribution in [0.5, 0.6) is 11.5 Å². The Kier molecular flexibility index (Phi) is 5.20. The second-order valence-electron chi connectivity index (χ2n) is 4.41. The third-order valence-electron chi connectivity index (χ3n) is 3.00. The highest BCUT2D eigenvalue weighted by Gasteiger charge is 2.17. The SMILES string of the molecule is CCc1ccc(Oc2ccc(CCl)cc2Br)c([N+](=O)[O-])c1. The number of hydrogen-bond donors (Lipinski definition) is 0. The molecule has 0 amide bonds. The molecule has 2 aromatic carbocycles. The van der Waals surface area contributed by atoms with Gasteiger partial charge >= 0.3 is 5.69 Å². The number of nitrogens with zero attached hydrogens (tertiary/aromatic N) is 1. The maximum atomic E-state index is 11.2. The molecule has 0 saturated heterocycles. The second kappa shape index (κ2) is 6.91. The summed E-state index contributed by atoms with van der Waals surface area (Å²) in [5, 5.41) is 11.2. The van der Waals surface area contributed by atoms with Crippen LogP contribution in [-0.2, 0) is 12.3 Å². The van der Waals surface area contributed by atoms with Gasteiger partial charge in [-0.05, 0) is 51.7 Å². The van der Waals surface area contributed by atoms with Crippen molar-refractivity contribution in [2.24, 2.45) is 0 Å². The number of halogens is 2. The molecule has 21 heavy (non-hydrogen) atoms. The van der Waals surface area contributed by atoms with Crippen LogP contribution in [0.2, 0.25) is 0 Å². The van der Waals surface area contributed by atoms with E-state index >= 15 is 0 Å². The van der Waals surface area contributed by atoms with E-state index < -0.39 is 4.92 Å². The van der Waals surface area contributed by atoms with E-state index in [1.165, 1.54) is 6.07 Å². The number of hydrogen-bond acceptors (Lipinski definition) is 3. The number of nitro benzene ring substituents is 1. The summed E-state index contributed by atoms with van der Waals surface area (Å²) in [5.74, 6) is 1.12. The number of aryl methyl sites for hydroxylation is 1. The summed E-state index contributed by atoms with van der Waals surface area (Å²) in [5.41, 5.74) is 1.79. The lowest BCUT2D eigenvalue weighted by molar-refractivity contribution is -0.385. The molecule has 2 aromatic rings. The molecule has 0 aliphatic carbocycles. The molecular weight excluding hydrogens is 358 g/mol. The van der Waals surface area contributed by atoms with Gasteiger partial charge < -0.3 is 4.74 Å². The van der Waals surface area contributed by atoms with Crippen LogP contribution >= 0.6 is 27.5 Å². The van der Waals surface area contributed by atoms with Gasteiger partial charge in [0.1, 0.15) is 5.75 Å². The van der Waals surface area contributed by atoms with Gasteiger partial charge in [-0.2, -0.15) is 0 Å². The highest BCUT2D eigenvalue weighted by Crippen LogP contribution is 2.36. The van der Waals surface area contributed by atoms with Crippen LogP contribution in [0.3, 0.4) is 0 Å². The molecule has 0 radical (unpaired) electrons. The average molecular weight is 371 g/mol. The summed E-state index contributed by atoms with van der Waals surface area (Å²) in [6.45, 7) is 1.95. The molecule has 0 spiro atoms. The molecule has 0 atom stereocenters. The molecule has 0 fully saturated rings. The summed E-state index contributed by atoms with van der Waals surface area (Å²) in [4.78, 5) is 10.7. The first-order chi connectivity index (χ1) is 10.0. The zero-order valence-corrected chi connectivity index (χ0v) is 13.6. The normalized spacial score (nSPS) is 10.4. The predicted molar refractivity (Wildman–Crippen MR) is 86.2 cm³/mol. The van der Waals surface area contributed by atoms with Crippen LogP contribution < -0.4 is 4.74 Å². The second-order valence-corrected chi connectivity index (χ2v) is 5.53. The van der Waals surface area contributed by atoms with E-state index in [1.54, 1.807) is 12.1 Å². The first kappa shape index (κ1) is 15.8. The molecule has 110 valence electrons. The van der Waals surface area contributed by atoms with Gasteiger partial charge in [-0.3, -0.25) is 10.1 Å². The Bertz CT molecular complexity index is 676. The maximum Gasteiger partial charge on any atom is 0.311 e. The van der Waals surface area contributed by atoms with Gasteiger partial charge in [-0.25, -0.2) is 0 Å². The van der Waals surface area contributed by atoms with E-state index in [9.17, 15) is 10.1 Å². The van der Waals surface area contributed by atoms with Gasteiger partial charge in [0.05, 0.1) is 9.40 Å². The van der Waals surface area contributed by atoms with Crippen molar-refractivity contribution in [3.05, 3.63) is 62.1 Å². The van der Waals surface area contributed by atoms with Gasteiger partial charge in [-0.1, -0.05) is 19.1 Å². The van der Waals surface area contributed by atoms with Crippen molar-refractivity contribution in [3.63, 3.8) is 0 Å². The summed E-state index contributed by atoms with van der Waals surface area (Å²) >= 11 is 9.14. The minimum Gasteiger partial charge on any atom is -0.449 e. The molecule has 0 aliphatic heterocycles. The Morgan fingerprint density at radius 2 is 1.86 bits per heavy atom. The van der Waals surface area contributed by atoms with Crippen LogP contribution in [0.25, 0.3) is 0 Å². The Hall–Kier alpha value is -1.59. The van der Waals surface area contributed by atoms with Gasteiger partial charge in [0.25, 0.3) is 0 Å². The molecule has 0 aliphatic rings. The van der Waals surface area contributed by atoms with Crippen molar-refractivity contribution in [3.8, 4) is 11.5 Å². The highest BCUT2D eigenvalue weighted by molar-refractivity contribution is 9.10. The standard InChI is InChI=1S/C15H13BrClNO3/c1-2-10-3-6-15(13(8-10)18(19)20)21-14-5-4-11(9-17)7-12(14)16/h3-8H,2,9H2,1H3. The summed E-state index contributed by atoms with van der Waals surface area (Å²) in [6, 6.07) is 10.4. The lowest BCUT2D eigenvalue weighted by Crippen LogP contribution is -1.95. The van der Waals surface area contributed by atoms with E-state index in [4.69, 9.17) is 16.3 Å². The van der Waals surface area contributed by atoms with E-state index in [-0.39, 0.29) is 11.4 Å². The molecule has 2 rings (SSSR count). The fourth-order valence-electron chi connectivity index (χ4n) is 1.84. The van der Waals surface area contributed by atoms with Gasteiger partial charge in [0.2, 0.25) is 5.75 Å². The Morgan fingerprint density at radius 1 is 1.19 bits per heavy atom. The average Bonchev–Trinajstić information content (AvgIpc) is 2.49. The summed E-state index contributed by atoms with van der Waals surface area (Å²) in [6.07, 6.45) is 0.731. The van der Waals surface area contributed by atoms with Crippen molar-refractivity contribution >= 4 is 33.2 Å². The van der Waals surface area contributed by atoms with Crippen LogP contribution in [0.4, 0.5) is 5.69 Å². The van der Waals surface area contributed by atoms with E-state index in [0.717, 1.165) is 17.5 Å². The van der Waals surface area contributed by atoms with Gasteiger partial charge in [-0.15, -0.1) is 11.6 Å². The highest BCUT2D eigenvalue weighted by atomic mass is 79.9. The van der Waals surface area contributed by atoms with Crippen LogP contribution in [0.15, 0.2) is 40.9 Å². The van der Waals surface area contributed by atoms with Crippen LogP contribution in [0, 0.1) is 10.1 Å². The van der Waals surface area contributed by atoms with Crippen molar-refractivity contribution in [2.45, 2.75) is 19.2 Å². The third-order valence-corrected chi connectivity index (χ3v) is 3.93. The molecule has 6 heteroatoms. The van der Waals surface area contributed by atoms with Gasteiger partial charge in [0.15, 0.2) is 0 Å². The monoisotopic (exact) mass is 369 g/mol. The molecular formula is C15H13BrClNO3. The Balaban J connectivity index is 2.37. The van der Waals surface area contributed by atoms with Crippen molar-refractivity contribution in [1.82, 2.24) is 0 Å². The van der Waals surface area contributed by atoms with Gasteiger partial charge in [0, 0.05) is 11.9 Å². The number of nitro groups is 1. The first-order valence-electron chi connectivity index (χ1n) is 6.34. The minimum atomic E-state index is -0.435. The van der Waals surface area contributed by atoms with Crippen LogP contribution in [0.1, 0.15) is 18.1 Å². The quantitative estimate of drug-likeness (QED) is 0.399. The van der Waals surface area contributed by atoms with E-state index in [0.29, 0.717) is 16.1 Å². The summed E-state index contributed by atoms with van der Waals surface area (Å²) in [7, 11) is 0. The number of ether oxygens (including phenoxy) is 1. The van der Waals surface area contributed by atoms with Crippen molar-refractivity contribution in [2.75, 3.05) is 0 Å². The molecule has 0 N–H and O–H groups in total. The zero-order chi connectivity index (χ0) is 15.4. The Morgan fingerprint density at radius 3 is 2.43 bits per heavy atom. The largest absolute Gasteiger partial charge is 0.449 e. The number of benzene rings is 2. The predicted octanol–water partition coefficient (Wildman–Crippen LogP) is 5.45. The first-order valence-corrected chi connectivity index (χ1v) is 7.67. The summed E-state index contributed by atoms with van der Waals surface area (Å²) < 4.78 is 6.37. The van der Waals surface area contributed by atoms with Crippen molar-refractivity contribution in [1.29, 1.82) is 0 Å². The lowest BCUT2D eigenvalue weighted by Gasteiger charge is -2.10. The fourth-order valence-corrected chi connectivity index (χ4v) is 2.51. The minimum absolute atomic E-state index is 0.0392. The molecule has 0 aromatic heterocycles. The number of alkyl halides is 1. The van der Waals surface area contributed by atoms with E-state index in [2.05, 4.69) is 15.9 Å². The molecule has 0 unspecified atom stereocenters. The van der Waals surface area contributed by atoms with Crippen LogP contribution in [-0.4, -0.2) is 4.92 Å². The molecule has 0 saturated carbocycles. The topological polar surface area (TPSA) is 52.4 Å². The lowest BCUT2D eigenvalue weighted by atomic mass is 10.1. The fraction of sp³-hybridized carbons (Fsp3) is 0.200. The number of rotatable bonds is 5. The third kappa shape index (κ3) is 3.74. The smallest absolute Gasteiger partial charge is 0.311 e. The molecule has 4 nitrogen and oxygen atoms in total. The molecule has 0 heterocycles.